The molecule has 0 saturated heterocycles. The molecule has 4 aromatic rings. The fourth-order valence-electron chi connectivity index (χ4n) is 4.69. The summed E-state index contributed by atoms with van der Waals surface area (Å²) in [7, 11) is 0. The van der Waals surface area contributed by atoms with Gasteiger partial charge in [-0.25, -0.2) is 8.78 Å². The SMILES string of the molecule is CCc1cccc(CNC[C@@H](O)[C@H](Cc2cc(F)cc(F)c2)NC(=O)Cc2ccccc2OCc2ccccc2)c1. The average Bonchev–Trinajstić information content (AvgIpc) is 2.96. The van der Waals surface area contributed by atoms with E-state index in [-0.39, 0.29) is 25.3 Å². The van der Waals surface area contributed by atoms with E-state index in [4.69, 9.17) is 4.74 Å². The summed E-state index contributed by atoms with van der Waals surface area (Å²) in [5.41, 5.74) is 4.34. The molecule has 0 fully saturated rings. The van der Waals surface area contributed by atoms with Gasteiger partial charge in [0.2, 0.25) is 5.91 Å². The van der Waals surface area contributed by atoms with Gasteiger partial charge in [0.15, 0.2) is 0 Å². The van der Waals surface area contributed by atoms with Gasteiger partial charge in [-0.15, -0.1) is 0 Å². The van der Waals surface area contributed by atoms with Gasteiger partial charge in [0.25, 0.3) is 0 Å². The molecule has 4 aromatic carbocycles. The number of carbonyl (C=O) groups is 1. The maximum absolute atomic E-state index is 13.9. The number of aliphatic hydroxyl groups is 1. The van der Waals surface area contributed by atoms with E-state index < -0.39 is 23.8 Å². The lowest BCUT2D eigenvalue weighted by atomic mass is 10.00. The number of halogens is 2. The first-order valence-corrected chi connectivity index (χ1v) is 13.8. The van der Waals surface area contributed by atoms with Gasteiger partial charge in [0, 0.05) is 24.7 Å². The Balaban J connectivity index is 1.42. The number of para-hydroxylation sites is 1. The fourth-order valence-corrected chi connectivity index (χ4v) is 4.69. The lowest BCUT2D eigenvalue weighted by Crippen LogP contribution is -2.49. The molecule has 0 aliphatic carbocycles. The molecule has 0 heterocycles. The number of hydrogen-bond donors (Lipinski definition) is 3. The molecule has 7 heteroatoms. The number of hydrogen-bond acceptors (Lipinski definition) is 4. The Morgan fingerprint density at radius 2 is 1.51 bits per heavy atom. The molecule has 0 aliphatic heterocycles. The molecule has 0 bridgehead atoms. The van der Waals surface area contributed by atoms with Crippen LogP contribution in [0.3, 0.4) is 0 Å². The molecule has 0 radical (unpaired) electrons. The Hall–Kier alpha value is -4.07. The number of carbonyl (C=O) groups excluding carboxylic acids is 1. The van der Waals surface area contributed by atoms with Crippen LogP contribution in [0.5, 0.6) is 5.75 Å². The molecule has 0 aliphatic rings. The number of aliphatic hydroxyl groups excluding tert-OH is 1. The van der Waals surface area contributed by atoms with Gasteiger partial charge in [-0.1, -0.05) is 79.7 Å². The van der Waals surface area contributed by atoms with E-state index in [0.717, 1.165) is 23.6 Å². The van der Waals surface area contributed by atoms with Crippen LogP contribution in [0.2, 0.25) is 0 Å². The maximum atomic E-state index is 13.9. The second kappa shape index (κ2) is 15.1. The van der Waals surface area contributed by atoms with Crippen molar-refractivity contribution in [2.75, 3.05) is 6.54 Å². The van der Waals surface area contributed by atoms with Crippen LogP contribution >= 0.6 is 0 Å². The van der Waals surface area contributed by atoms with Gasteiger partial charge in [0.1, 0.15) is 24.0 Å². The molecule has 5 nitrogen and oxygen atoms in total. The molecule has 0 saturated carbocycles. The topological polar surface area (TPSA) is 70.6 Å². The molecule has 214 valence electrons. The Labute approximate surface area is 240 Å². The highest BCUT2D eigenvalue weighted by atomic mass is 19.1. The molecule has 0 aromatic heterocycles. The molecule has 41 heavy (non-hydrogen) atoms. The first-order valence-electron chi connectivity index (χ1n) is 13.8. The molecule has 3 N–H and O–H groups in total. The van der Waals surface area contributed by atoms with Crippen LogP contribution in [0.4, 0.5) is 8.78 Å². The van der Waals surface area contributed by atoms with Crippen LogP contribution in [-0.4, -0.2) is 29.7 Å². The number of benzene rings is 4. The Bertz CT molecular complexity index is 1390. The van der Waals surface area contributed by atoms with Crippen LogP contribution in [0.25, 0.3) is 0 Å². The van der Waals surface area contributed by atoms with Crippen molar-refractivity contribution in [1.82, 2.24) is 10.6 Å². The Morgan fingerprint density at radius 3 is 2.27 bits per heavy atom. The minimum absolute atomic E-state index is 0.0168. The lowest BCUT2D eigenvalue weighted by Gasteiger charge is -2.25. The number of nitrogens with one attached hydrogen (secondary N) is 2. The zero-order valence-corrected chi connectivity index (χ0v) is 23.2. The van der Waals surface area contributed by atoms with Crippen LogP contribution in [-0.2, 0) is 37.2 Å². The van der Waals surface area contributed by atoms with E-state index in [9.17, 15) is 18.7 Å². The second-order valence-electron chi connectivity index (χ2n) is 10.1. The van der Waals surface area contributed by atoms with E-state index >= 15 is 0 Å². The summed E-state index contributed by atoms with van der Waals surface area (Å²) in [6, 6.07) is 27.6. The van der Waals surface area contributed by atoms with Crippen molar-refractivity contribution in [3.05, 3.63) is 137 Å². The molecule has 2 atom stereocenters. The summed E-state index contributed by atoms with van der Waals surface area (Å²) in [4.78, 5) is 13.2. The highest BCUT2D eigenvalue weighted by Gasteiger charge is 2.23. The highest BCUT2D eigenvalue weighted by Crippen LogP contribution is 2.20. The Morgan fingerprint density at radius 1 is 0.829 bits per heavy atom. The van der Waals surface area contributed by atoms with Crippen LogP contribution in [0, 0.1) is 11.6 Å². The second-order valence-corrected chi connectivity index (χ2v) is 10.1. The van der Waals surface area contributed by atoms with Gasteiger partial charge in [-0.05, 0) is 53.3 Å². The molecular formula is C34H36F2N2O3. The van der Waals surface area contributed by atoms with Crippen molar-refractivity contribution in [2.24, 2.45) is 0 Å². The summed E-state index contributed by atoms with van der Waals surface area (Å²) >= 11 is 0. The third-order valence-electron chi connectivity index (χ3n) is 6.83. The number of ether oxygens (including phenoxy) is 1. The maximum Gasteiger partial charge on any atom is 0.224 e. The zero-order valence-electron chi connectivity index (χ0n) is 23.2. The standard InChI is InChI=1S/C34H36F2N2O3/c1-2-24-11-8-12-26(15-24)21-37-22-32(39)31(18-27-16-29(35)20-30(36)17-27)38-34(40)19-28-13-6-7-14-33(28)41-23-25-9-4-3-5-10-25/h3-17,20,31-32,37,39H,2,18-19,21-23H2,1H3,(H,38,40)/t31-,32+/m0/s1. The van der Waals surface area contributed by atoms with Gasteiger partial charge < -0.3 is 20.5 Å². The minimum atomic E-state index is -1.01. The summed E-state index contributed by atoms with van der Waals surface area (Å²) in [5, 5.41) is 17.2. The molecule has 4 rings (SSSR count). The van der Waals surface area contributed by atoms with Crippen molar-refractivity contribution in [3.8, 4) is 5.75 Å². The summed E-state index contributed by atoms with van der Waals surface area (Å²) in [5.74, 6) is -1.17. The third kappa shape index (κ3) is 9.52. The third-order valence-corrected chi connectivity index (χ3v) is 6.83. The monoisotopic (exact) mass is 558 g/mol. The summed E-state index contributed by atoms with van der Waals surface area (Å²) in [6.07, 6.45) is -0.0111. The number of aryl methyl sites for hydroxylation is 1. The van der Waals surface area contributed by atoms with Gasteiger partial charge in [-0.3, -0.25) is 4.79 Å². The zero-order chi connectivity index (χ0) is 29.0. The molecule has 0 unspecified atom stereocenters. The van der Waals surface area contributed by atoms with Crippen molar-refractivity contribution >= 4 is 5.91 Å². The van der Waals surface area contributed by atoms with Crippen LogP contribution in [0.15, 0.2) is 97.1 Å². The van der Waals surface area contributed by atoms with Crippen LogP contribution in [0.1, 0.15) is 34.7 Å². The average molecular weight is 559 g/mol. The highest BCUT2D eigenvalue weighted by molar-refractivity contribution is 5.79. The van der Waals surface area contributed by atoms with E-state index in [1.807, 2.05) is 66.7 Å². The van der Waals surface area contributed by atoms with Gasteiger partial charge in [-0.2, -0.15) is 0 Å². The van der Waals surface area contributed by atoms with Crippen molar-refractivity contribution in [2.45, 2.75) is 51.5 Å². The van der Waals surface area contributed by atoms with E-state index in [2.05, 4.69) is 29.7 Å². The van der Waals surface area contributed by atoms with Crippen molar-refractivity contribution < 1.29 is 23.4 Å². The molecular weight excluding hydrogens is 522 g/mol. The number of amides is 1. The van der Waals surface area contributed by atoms with Crippen molar-refractivity contribution in [1.29, 1.82) is 0 Å². The smallest absolute Gasteiger partial charge is 0.224 e. The van der Waals surface area contributed by atoms with E-state index in [1.54, 1.807) is 0 Å². The number of rotatable bonds is 14. The normalized spacial score (nSPS) is 12.5. The Kier molecular flexibility index (Phi) is 11.0. The van der Waals surface area contributed by atoms with Crippen LogP contribution < -0.4 is 15.4 Å². The largest absolute Gasteiger partial charge is 0.489 e. The molecule has 1 amide bonds. The predicted octanol–water partition coefficient (Wildman–Crippen LogP) is 5.53. The summed E-state index contributed by atoms with van der Waals surface area (Å²) in [6.45, 7) is 3.16. The predicted molar refractivity (Wildman–Crippen MR) is 156 cm³/mol. The lowest BCUT2D eigenvalue weighted by molar-refractivity contribution is -0.122. The quantitative estimate of drug-likeness (QED) is 0.191. The van der Waals surface area contributed by atoms with Crippen molar-refractivity contribution in [3.63, 3.8) is 0 Å². The van der Waals surface area contributed by atoms with Gasteiger partial charge in [0.05, 0.1) is 18.6 Å². The first kappa shape index (κ1) is 29.9. The van der Waals surface area contributed by atoms with Gasteiger partial charge >= 0.3 is 0 Å². The summed E-state index contributed by atoms with van der Waals surface area (Å²) < 4.78 is 33.8. The van der Waals surface area contributed by atoms with E-state index in [0.29, 0.717) is 30.0 Å². The first-order chi connectivity index (χ1) is 19.9. The minimum Gasteiger partial charge on any atom is -0.489 e. The van der Waals surface area contributed by atoms with E-state index in [1.165, 1.54) is 17.7 Å². The molecule has 0 spiro atoms. The fraction of sp³-hybridized carbons (Fsp3) is 0.265.